The third-order valence-electron chi connectivity index (χ3n) is 0.656. The molecule has 12 heavy (non-hydrogen) atoms. The number of hydrogen-bond acceptors (Lipinski definition) is 5. The number of aliphatic carboxylic acids is 1. The first kappa shape index (κ1) is 10.6. The fourth-order valence-corrected chi connectivity index (χ4v) is 0.364. The first-order valence-electron chi connectivity index (χ1n) is 2.90. The Bertz CT molecular complexity index is 211. The molecule has 0 saturated carbocycles. The zero-order valence-electron chi connectivity index (χ0n) is 6.22. The van der Waals surface area contributed by atoms with Crippen molar-refractivity contribution in [2.24, 2.45) is 0 Å². The van der Waals surface area contributed by atoms with Gasteiger partial charge in [-0.15, -0.1) is 0 Å². The first-order valence-corrected chi connectivity index (χ1v) is 2.90. The second-order valence-electron chi connectivity index (χ2n) is 2.03. The maximum Gasteiger partial charge on any atom is 0.335 e. The van der Waals surface area contributed by atoms with Crippen LogP contribution in [0.25, 0.3) is 0 Å². The summed E-state index contributed by atoms with van der Waals surface area (Å²) in [5, 5.41) is 25.0. The summed E-state index contributed by atoms with van der Waals surface area (Å²) in [5.74, 6) is -5.06. The van der Waals surface area contributed by atoms with E-state index < -0.39 is 17.9 Å². The highest BCUT2D eigenvalue weighted by molar-refractivity contribution is 5.90. The summed E-state index contributed by atoms with van der Waals surface area (Å²) < 4.78 is 3.91. The van der Waals surface area contributed by atoms with Crippen LogP contribution in [0.1, 0.15) is 6.92 Å². The van der Waals surface area contributed by atoms with Gasteiger partial charge in [0.05, 0.1) is 0 Å². The Hall–Kier alpha value is -1.40. The molecule has 0 aliphatic rings. The summed E-state index contributed by atoms with van der Waals surface area (Å²) in [6, 6.07) is 0. The molecule has 3 N–H and O–H groups in total. The summed E-state index contributed by atoms with van der Waals surface area (Å²) in [6.45, 7) is 0.819. The van der Waals surface area contributed by atoms with Crippen LogP contribution in [0.3, 0.4) is 0 Å². The highest BCUT2D eigenvalue weighted by Gasteiger charge is 2.19. The van der Waals surface area contributed by atoms with Gasteiger partial charge in [0.1, 0.15) is 0 Å². The van der Waals surface area contributed by atoms with Crippen molar-refractivity contribution in [1.82, 2.24) is 0 Å². The summed E-state index contributed by atoms with van der Waals surface area (Å²) in [7, 11) is 0. The van der Waals surface area contributed by atoms with E-state index in [1.807, 2.05) is 0 Å². The van der Waals surface area contributed by atoms with Crippen LogP contribution in [-0.2, 0) is 14.3 Å². The van der Waals surface area contributed by atoms with Crippen LogP contribution in [0.2, 0.25) is 0 Å². The van der Waals surface area contributed by atoms with Crippen molar-refractivity contribution >= 4 is 11.9 Å². The van der Waals surface area contributed by atoms with Crippen molar-refractivity contribution in [2.75, 3.05) is 0 Å². The van der Waals surface area contributed by atoms with E-state index in [1.165, 1.54) is 0 Å². The molecule has 0 saturated heterocycles. The molecule has 0 amide bonds. The van der Waals surface area contributed by atoms with Crippen LogP contribution in [0.15, 0.2) is 12.2 Å². The summed E-state index contributed by atoms with van der Waals surface area (Å²) in [5.41, 5.74) is 0. The van der Waals surface area contributed by atoms with Gasteiger partial charge in [-0.25, -0.2) is 9.59 Å². The number of esters is 1. The monoisotopic (exact) mass is 176 g/mol. The van der Waals surface area contributed by atoms with Gasteiger partial charge in [0.2, 0.25) is 0 Å². The Labute approximate surface area is 67.7 Å². The smallest absolute Gasteiger partial charge is 0.335 e. The van der Waals surface area contributed by atoms with Crippen LogP contribution < -0.4 is 0 Å². The molecular formula is C6H8O6. The minimum absolute atomic E-state index is 0.522. The number of hydrogen-bond donors (Lipinski definition) is 3. The minimum Gasteiger partial charge on any atom is -0.478 e. The van der Waals surface area contributed by atoms with E-state index in [2.05, 4.69) is 4.74 Å². The Kier molecular flexibility index (Phi) is 3.39. The molecule has 0 bridgehead atoms. The van der Waals surface area contributed by atoms with Gasteiger partial charge in [-0.2, -0.15) is 0 Å². The van der Waals surface area contributed by atoms with E-state index in [0.29, 0.717) is 12.2 Å². The fourth-order valence-electron chi connectivity index (χ4n) is 0.364. The van der Waals surface area contributed by atoms with E-state index in [-0.39, 0.29) is 0 Å². The normalized spacial score (nSPS) is 11.6. The second kappa shape index (κ2) is 3.84. The number of rotatable bonds is 3. The predicted molar refractivity (Wildman–Crippen MR) is 35.7 cm³/mol. The summed E-state index contributed by atoms with van der Waals surface area (Å²) >= 11 is 0. The minimum atomic E-state index is -2.58. The molecule has 68 valence electrons. The lowest BCUT2D eigenvalue weighted by Crippen LogP contribution is -2.29. The molecule has 6 heteroatoms. The average Bonchev–Trinajstić information content (AvgIpc) is 1.79. The first-order chi connectivity index (χ1) is 5.31. The lowest BCUT2D eigenvalue weighted by Gasteiger charge is -2.13. The van der Waals surface area contributed by atoms with Crippen molar-refractivity contribution in [3.8, 4) is 0 Å². The van der Waals surface area contributed by atoms with Gasteiger partial charge < -0.3 is 20.1 Å². The molecule has 0 rings (SSSR count). The molecule has 0 heterocycles. The summed E-state index contributed by atoms with van der Waals surface area (Å²) in [4.78, 5) is 20.3. The molecule has 0 fully saturated rings. The van der Waals surface area contributed by atoms with Crippen LogP contribution in [0.4, 0.5) is 0 Å². The standard InChI is InChI=1S/C6H8O6/c1-6(10,11)12-5(9)3-2-4(7)8/h2-3,10-11H,1H3,(H,7,8)/b3-2+. The van der Waals surface area contributed by atoms with Gasteiger partial charge in [0, 0.05) is 19.1 Å². The van der Waals surface area contributed by atoms with Gasteiger partial charge >= 0.3 is 17.9 Å². The lowest BCUT2D eigenvalue weighted by molar-refractivity contribution is -0.304. The highest BCUT2D eigenvalue weighted by atomic mass is 16.8. The average molecular weight is 176 g/mol. The number of carbonyl (C=O) groups excluding carboxylic acids is 1. The van der Waals surface area contributed by atoms with Crippen LogP contribution in [0, 0.1) is 0 Å². The number of carboxylic acids is 1. The molecule has 0 radical (unpaired) electrons. The Morgan fingerprint density at radius 1 is 1.33 bits per heavy atom. The van der Waals surface area contributed by atoms with Crippen molar-refractivity contribution in [3.63, 3.8) is 0 Å². The molecule has 0 aromatic rings. The molecule has 0 aromatic carbocycles. The van der Waals surface area contributed by atoms with Crippen LogP contribution in [-0.4, -0.2) is 33.2 Å². The molecule has 0 aliphatic heterocycles. The largest absolute Gasteiger partial charge is 0.478 e. The zero-order valence-corrected chi connectivity index (χ0v) is 6.22. The zero-order chi connectivity index (χ0) is 9.78. The third-order valence-corrected chi connectivity index (χ3v) is 0.656. The van der Waals surface area contributed by atoms with Crippen molar-refractivity contribution in [1.29, 1.82) is 0 Å². The van der Waals surface area contributed by atoms with Gasteiger partial charge in [0.15, 0.2) is 0 Å². The van der Waals surface area contributed by atoms with Gasteiger partial charge in [-0.05, 0) is 0 Å². The quantitative estimate of drug-likeness (QED) is 0.284. The van der Waals surface area contributed by atoms with Crippen LogP contribution in [0.5, 0.6) is 0 Å². The van der Waals surface area contributed by atoms with E-state index in [9.17, 15) is 9.59 Å². The van der Waals surface area contributed by atoms with Crippen molar-refractivity contribution in [2.45, 2.75) is 12.9 Å². The molecule has 0 atom stereocenters. The SMILES string of the molecule is CC(O)(O)OC(=O)/C=C/C(=O)O. The van der Waals surface area contributed by atoms with E-state index in [4.69, 9.17) is 15.3 Å². The van der Waals surface area contributed by atoms with E-state index in [1.54, 1.807) is 0 Å². The molecule has 6 nitrogen and oxygen atoms in total. The molecule has 0 aliphatic carbocycles. The Morgan fingerprint density at radius 3 is 2.17 bits per heavy atom. The maximum absolute atomic E-state index is 10.5. The summed E-state index contributed by atoms with van der Waals surface area (Å²) in [6.07, 6.45) is 1.08. The van der Waals surface area contributed by atoms with Gasteiger partial charge in [-0.3, -0.25) is 0 Å². The van der Waals surface area contributed by atoms with Crippen molar-refractivity contribution in [3.05, 3.63) is 12.2 Å². The number of aliphatic hydroxyl groups is 2. The van der Waals surface area contributed by atoms with E-state index >= 15 is 0 Å². The molecule has 0 aromatic heterocycles. The highest BCUT2D eigenvalue weighted by Crippen LogP contribution is 1.99. The fraction of sp³-hybridized carbons (Fsp3) is 0.333. The topological polar surface area (TPSA) is 104 Å². The maximum atomic E-state index is 10.5. The third kappa shape index (κ3) is 6.72. The number of carbonyl (C=O) groups is 2. The van der Waals surface area contributed by atoms with Gasteiger partial charge in [0.25, 0.3) is 0 Å². The van der Waals surface area contributed by atoms with Gasteiger partial charge in [-0.1, -0.05) is 0 Å². The predicted octanol–water partition coefficient (Wildman–Crippen LogP) is -1.17. The van der Waals surface area contributed by atoms with Crippen LogP contribution >= 0.6 is 0 Å². The molecular weight excluding hydrogens is 168 g/mol. The number of ether oxygens (including phenoxy) is 1. The van der Waals surface area contributed by atoms with E-state index in [0.717, 1.165) is 6.92 Å². The molecule has 0 unspecified atom stereocenters. The lowest BCUT2D eigenvalue weighted by atomic mass is 10.5. The Morgan fingerprint density at radius 2 is 1.83 bits per heavy atom. The Balaban J connectivity index is 3.99. The second-order valence-corrected chi connectivity index (χ2v) is 2.03. The van der Waals surface area contributed by atoms with Crippen molar-refractivity contribution < 1.29 is 29.6 Å². The molecule has 0 spiro atoms. The number of carboxylic acid groups (broad SMARTS) is 1.